The number of amides is 1. The monoisotopic (exact) mass is 355 g/mol. The molecule has 0 aromatic carbocycles. The number of aryl methyl sites for hydroxylation is 2. The lowest BCUT2D eigenvalue weighted by Crippen LogP contribution is -2.49. The molecule has 6 nitrogen and oxygen atoms in total. The van der Waals surface area contributed by atoms with Crippen LogP contribution in [0.5, 0.6) is 0 Å². The van der Waals surface area contributed by atoms with Crippen LogP contribution >= 0.6 is 11.3 Å². The molecule has 0 spiro atoms. The fourth-order valence-electron chi connectivity index (χ4n) is 3.29. The van der Waals surface area contributed by atoms with Crippen LogP contribution in [0.15, 0.2) is 30.7 Å². The molecule has 0 N–H and O–H groups in total. The summed E-state index contributed by atoms with van der Waals surface area (Å²) in [6.45, 7) is 5.16. The van der Waals surface area contributed by atoms with Crippen molar-refractivity contribution >= 4 is 33.3 Å². The van der Waals surface area contributed by atoms with Crippen LogP contribution in [-0.2, 0) is 13.5 Å². The highest BCUT2D eigenvalue weighted by molar-refractivity contribution is 7.18. The molecule has 3 aromatic rings. The van der Waals surface area contributed by atoms with E-state index in [-0.39, 0.29) is 5.91 Å². The summed E-state index contributed by atoms with van der Waals surface area (Å²) in [4.78, 5) is 28.1. The summed E-state index contributed by atoms with van der Waals surface area (Å²) in [6.07, 6.45) is 4.57. The molecular weight excluding hydrogens is 334 g/mol. The Morgan fingerprint density at radius 3 is 2.72 bits per heavy atom. The first-order valence-corrected chi connectivity index (χ1v) is 9.38. The molecule has 1 aliphatic rings. The van der Waals surface area contributed by atoms with E-state index in [0.717, 1.165) is 41.2 Å². The molecule has 25 heavy (non-hydrogen) atoms. The molecule has 0 bridgehead atoms. The van der Waals surface area contributed by atoms with Crippen LogP contribution in [0.3, 0.4) is 0 Å². The topological polar surface area (TPSA) is 54.3 Å². The maximum absolute atomic E-state index is 12.6. The standard InChI is InChI=1S/C18H21N5OS/c1-3-13-11-14-16(19-12-20-17(14)25-13)22-7-9-23(10-8-22)18(24)15-5-4-6-21(15)2/h4-6,11-12H,3,7-10H2,1-2H3. The van der Waals surface area contributed by atoms with E-state index in [1.54, 1.807) is 17.7 Å². The molecule has 4 rings (SSSR count). The van der Waals surface area contributed by atoms with Crippen molar-refractivity contribution in [3.05, 3.63) is 41.3 Å². The Kier molecular flexibility index (Phi) is 4.17. The van der Waals surface area contributed by atoms with E-state index in [1.807, 2.05) is 34.8 Å². The Balaban J connectivity index is 1.52. The van der Waals surface area contributed by atoms with E-state index < -0.39 is 0 Å². The number of anilines is 1. The molecule has 4 heterocycles. The van der Waals surface area contributed by atoms with Gasteiger partial charge in [-0.3, -0.25) is 4.79 Å². The minimum atomic E-state index is 0.101. The van der Waals surface area contributed by atoms with E-state index in [4.69, 9.17) is 0 Å². The maximum Gasteiger partial charge on any atom is 0.270 e. The van der Waals surface area contributed by atoms with E-state index >= 15 is 0 Å². The van der Waals surface area contributed by atoms with Gasteiger partial charge in [0.25, 0.3) is 5.91 Å². The molecule has 0 atom stereocenters. The molecular formula is C18H21N5OS. The average molecular weight is 355 g/mol. The summed E-state index contributed by atoms with van der Waals surface area (Å²) in [7, 11) is 1.91. The predicted molar refractivity (Wildman–Crippen MR) is 100 cm³/mol. The van der Waals surface area contributed by atoms with Crippen molar-refractivity contribution in [1.82, 2.24) is 19.4 Å². The third-order valence-corrected chi connectivity index (χ3v) is 5.92. The van der Waals surface area contributed by atoms with Crippen LogP contribution in [0.4, 0.5) is 5.82 Å². The van der Waals surface area contributed by atoms with Gasteiger partial charge in [-0.2, -0.15) is 0 Å². The third kappa shape index (κ3) is 2.89. The number of carbonyl (C=O) groups excluding carboxylic acids is 1. The van der Waals surface area contributed by atoms with Gasteiger partial charge in [0.15, 0.2) is 0 Å². The van der Waals surface area contributed by atoms with Crippen molar-refractivity contribution in [2.24, 2.45) is 7.05 Å². The lowest BCUT2D eigenvalue weighted by molar-refractivity contribution is 0.0737. The van der Waals surface area contributed by atoms with E-state index in [0.29, 0.717) is 13.1 Å². The summed E-state index contributed by atoms with van der Waals surface area (Å²) in [5.41, 5.74) is 0.739. The van der Waals surface area contributed by atoms with Gasteiger partial charge >= 0.3 is 0 Å². The van der Waals surface area contributed by atoms with Gasteiger partial charge in [-0.15, -0.1) is 11.3 Å². The molecule has 1 saturated heterocycles. The van der Waals surface area contributed by atoms with Gasteiger partial charge in [0.2, 0.25) is 0 Å². The smallest absolute Gasteiger partial charge is 0.270 e. The third-order valence-electron chi connectivity index (χ3n) is 4.74. The van der Waals surface area contributed by atoms with Crippen molar-refractivity contribution < 1.29 is 4.79 Å². The van der Waals surface area contributed by atoms with Gasteiger partial charge in [-0.25, -0.2) is 9.97 Å². The quantitative estimate of drug-likeness (QED) is 0.725. The fraction of sp³-hybridized carbons (Fsp3) is 0.389. The SMILES string of the molecule is CCc1cc2c(N3CCN(C(=O)c4cccn4C)CC3)ncnc2s1. The van der Waals surface area contributed by atoms with Gasteiger partial charge in [-0.1, -0.05) is 6.92 Å². The molecule has 1 aliphatic heterocycles. The number of carbonyl (C=O) groups is 1. The predicted octanol–water partition coefficient (Wildman–Crippen LogP) is 2.55. The zero-order valence-electron chi connectivity index (χ0n) is 14.5. The number of fused-ring (bicyclic) bond motifs is 1. The lowest BCUT2D eigenvalue weighted by atomic mass is 10.2. The minimum Gasteiger partial charge on any atom is -0.352 e. The Hall–Kier alpha value is -2.41. The number of hydrogen-bond acceptors (Lipinski definition) is 5. The molecule has 7 heteroatoms. The largest absolute Gasteiger partial charge is 0.352 e. The van der Waals surface area contributed by atoms with Gasteiger partial charge < -0.3 is 14.4 Å². The molecule has 0 aliphatic carbocycles. The van der Waals surface area contributed by atoms with Gasteiger partial charge in [-0.05, 0) is 24.6 Å². The van der Waals surface area contributed by atoms with Crippen molar-refractivity contribution in [2.45, 2.75) is 13.3 Å². The molecule has 0 radical (unpaired) electrons. The van der Waals surface area contributed by atoms with Crippen LogP contribution in [0.1, 0.15) is 22.3 Å². The van der Waals surface area contributed by atoms with Crippen molar-refractivity contribution in [3.63, 3.8) is 0 Å². The number of piperazine rings is 1. The highest BCUT2D eigenvalue weighted by Crippen LogP contribution is 2.31. The van der Waals surface area contributed by atoms with Crippen molar-refractivity contribution in [3.8, 4) is 0 Å². The molecule has 0 saturated carbocycles. The second-order valence-corrected chi connectivity index (χ2v) is 7.38. The van der Waals surface area contributed by atoms with Crippen LogP contribution in [0.2, 0.25) is 0 Å². The fourth-order valence-corrected chi connectivity index (χ4v) is 4.22. The van der Waals surface area contributed by atoms with Crippen LogP contribution in [0, 0.1) is 0 Å². The zero-order chi connectivity index (χ0) is 17.4. The lowest BCUT2D eigenvalue weighted by Gasteiger charge is -2.35. The second-order valence-electron chi connectivity index (χ2n) is 6.27. The van der Waals surface area contributed by atoms with Crippen LogP contribution in [0.25, 0.3) is 10.2 Å². The number of aromatic nitrogens is 3. The Morgan fingerprint density at radius 2 is 2.04 bits per heavy atom. The average Bonchev–Trinajstić information content (AvgIpc) is 3.26. The van der Waals surface area contributed by atoms with Gasteiger partial charge in [0.1, 0.15) is 22.7 Å². The summed E-state index contributed by atoms with van der Waals surface area (Å²) in [5.74, 6) is 1.09. The van der Waals surface area contributed by atoms with Crippen molar-refractivity contribution in [2.75, 3.05) is 31.1 Å². The van der Waals surface area contributed by atoms with E-state index in [9.17, 15) is 4.79 Å². The Morgan fingerprint density at radius 1 is 1.24 bits per heavy atom. The number of thiophene rings is 1. The maximum atomic E-state index is 12.6. The number of nitrogens with zero attached hydrogens (tertiary/aromatic N) is 5. The molecule has 130 valence electrons. The summed E-state index contributed by atoms with van der Waals surface area (Å²) < 4.78 is 1.88. The van der Waals surface area contributed by atoms with E-state index in [1.165, 1.54) is 4.88 Å². The van der Waals surface area contributed by atoms with Gasteiger partial charge in [0.05, 0.1) is 5.39 Å². The molecule has 1 fully saturated rings. The van der Waals surface area contributed by atoms with Crippen LogP contribution in [-0.4, -0.2) is 51.5 Å². The van der Waals surface area contributed by atoms with Gasteiger partial charge in [0, 0.05) is 44.3 Å². The Bertz CT molecular complexity index is 907. The van der Waals surface area contributed by atoms with Crippen LogP contribution < -0.4 is 4.90 Å². The first kappa shape index (κ1) is 16.1. The summed E-state index contributed by atoms with van der Waals surface area (Å²) in [5, 5.41) is 1.13. The molecule has 1 amide bonds. The van der Waals surface area contributed by atoms with Crippen molar-refractivity contribution in [1.29, 1.82) is 0 Å². The number of hydrogen-bond donors (Lipinski definition) is 0. The zero-order valence-corrected chi connectivity index (χ0v) is 15.3. The van der Waals surface area contributed by atoms with E-state index in [2.05, 4.69) is 27.9 Å². The summed E-state index contributed by atoms with van der Waals surface area (Å²) >= 11 is 1.74. The second kappa shape index (κ2) is 6.48. The molecule has 0 unspecified atom stereocenters. The number of rotatable bonds is 3. The molecule has 3 aromatic heterocycles. The Labute approximate surface area is 150 Å². The normalized spacial score (nSPS) is 15.1. The highest BCUT2D eigenvalue weighted by Gasteiger charge is 2.25. The summed E-state index contributed by atoms with van der Waals surface area (Å²) in [6, 6.07) is 5.99. The minimum absolute atomic E-state index is 0.101. The highest BCUT2D eigenvalue weighted by atomic mass is 32.1. The first-order valence-electron chi connectivity index (χ1n) is 8.56. The first-order chi connectivity index (χ1) is 12.2.